The number of hydrogen-bond acceptors (Lipinski definition) is 4. The molecule has 20 heavy (non-hydrogen) atoms. The van der Waals surface area contributed by atoms with Gasteiger partial charge in [0.25, 0.3) is 0 Å². The van der Waals surface area contributed by atoms with Crippen LogP contribution in [0.4, 0.5) is 0 Å². The van der Waals surface area contributed by atoms with Crippen LogP contribution in [-0.2, 0) is 18.0 Å². The number of rotatable bonds is 14. The van der Waals surface area contributed by atoms with Crippen molar-refractivity contribution >= 4 is 8.80 Å². The first-order valence-electron chi connectivity index (χ1n) is 8.21. The molecule has 122 valence electrons. The Hall–Kier alpha value is 0.0569. The minimum Gasteiger partial charge on any atom is -0.374 e. The standard InChI is InChI=1S/C15H34O4Si/c1-6-10-12-13-16-15(5)19-20(17-8-3,18-9-4)14-11-7-2/h15H,6-14H2,1-5H3. The molecular formula is C15H34O4Si. The van der Waals surface area contributed by atoms with Gasteiger partial charge in [-0.05, 0) is 33.6 Å². The Morgan fingerprint density at radius 1 is 0.850 bits per heavy atom. The van der Waals surface area contributed by atoms with Crippen molar-refractivity contribution in [2.24, 2.45) is 0 Å². The molecular weight excluding hydrogens is 272 g/mol. The third kappa shape index (κ3) is 9.08. The van der Waals surface area contributed by atoms with Crippen LogP contribution in [0.2, 0.25) is 6.04 Å². The van der Waals surface area contributed by atoms with Crippen molar-refractivity contribution in [3.8, 4) is 0 Å². The Balaban J connectivity index is 4.35. The molecule has 0 rings (SSSR count). The van der Waals surface area contributed by atoms with E-state index in [0.29, 0.717) is 13.2 Å². The first-order valence-corrected chi connectivity index (χ1v) is 10.1. The Morgan fingerprint density at radius 2 is 1.45 bits per heavy atom. The van der Waals surface area contributed by atoms with Crippen LogP contribution in [0.15, 0.2) is 0 Å². The Morgan fingerprint density at radius 3 is 1.95 bits per heavy atom. The van der Waals surface area contributed by atoms with Gasteiger partial charge in [0.05, 0.1) is 0 Å². The minimum atomic E-state index is -2.57. The highest BCUT2D eigenvalue weighted by Gasteiger charge is 2.41. The summed E-state index contributed by atoms with van der Waals surface area (Å²) >= 11 is 0. The van der Waals surface area contributed by atoms with E-state index in [-0.39, 0.29) is 6.29 Å². The first-order chi connectivity index (χ1) is 9.64. The molecule has 0 fully saturated rings. The quantitative estimate of drug-likeness (QED) is 0.271. The fourth-order valence-corrected chi connectivity index (χ4v) is 4.90. The Kier molecular flexibility index (Phi) is 12.8. The highest BCUT2D eigenvalue weighted by molar-refractivity contribution is 6.60. The number of unbranched alkanes of at least 4 members (excludes halogenated alkanes) is 3. The summed E-state index contributed by atoms with van der Waals surface area (Å²) in [6.07, 6.45) is 5.40. The second-order valence-corrected chi connectivity index (χ2v) is 7.60. The fourth-order valence-electron chi connectivity index (χ4n) is 2.03. The van der Waals surface area contributed by atoms with Gasteiger partial charge < -0.3 is 18.0 Å². The minimum absolute atomic E-state index is 0.256. The van der Waals surface area contributed by atoms with Crippen molar-refractivity contribution < 1.29 is 18.0 Å². The maximum atomic E-state index is 6.07. The molecule has 0 saturated carbocycles. The second-order valence-electron chi connectivity index (χ2n) is 4.92. The third-order valence-electron chi connectivity index (χ3n) is 3.01. The summed E-state index contributed by atoms with van der Waals surface area (Å²) in [6, 6.07) is 0.869. The topological polar surface area (TPSA) is 36.9 Å². The maximum Gasteiger partial charge on any atom is 0.502 e. The van der Waals surface area contributed by atoms with Gasteiger partial charge in [0, 0.05) is 25.9 Å². The predicted molar refractivity (Wildman–Crippen MR) is 84.7 cm³/mol. The van der Waals surface area contributed by atoms with Gasteiger partial charge in [-0.1, -0.05) is 33.1 Å². The largest absolute Gasteiger partial charge is 0.502 e. The zero-order chi connectivity index (χ0) is 15.3. The molecule has 0 aliphatic heterocycles. The summed E-state index contributed by atoms with van der Waals surface area (Å²) in [5, 5.41) is 0. The number of ether oxygens (including phenoxy) is 1. The smallest absolute Gasteiger partial charge is 0.374 e. The zero-order valence-corrected chi connectivity index (χ0v) is 15.1. The van der Waals surface area contributed by atoms with E-state index >= 15 is 0 Å². The highest BCUT2D eigenvalue weighted by Crippen LogP contribution is 2.21. The lowest BCUT2D eigenvalue weighted by Gasteiger charge is -2.31. The van der Waals surface area contributed by atoms with E-state index in [9.17, 15) is 0 Å². The van der Waals surface area contributed by atoms with Crippen molar-refractivity contribution in [2.45, 2.75) is 79.1 Å². The molecule has 4 nitrogen and oxygen atoms in total. The van der Waals surface area contributed by atoms with Crippen LogP contribution < -0.4 is 0 Å². The van der Waals surface area contributed by atoms with Crippen molar-refractivity contribution in [2.75, 3.05) is 19.8 Å². The van der Waals surface area contributed by atoms with Crippen LogP contribution in [0.25, 0.3) is 0 Å². The molecule has 0 aromatic carbocycles. The Labute approximate surface area is 126 Å². The van der Waals surface area contributed by atoms with E-state index in [0.717, 1.165) is 31.9 Å². The summed E-state index contributed by atoms with van der Waals surface area (Å²) in [5.74, 6) is 0. The average molecular weight is 307 g/mol. The molecule has 0 saturated heterocycles. The van der Waals surface area contributed by atoms with Gasteiger partial charge in [-0.2, -0.15) is 0 Å². The fraction of sp³-hybridized carbons (Fsp3) is 1.00. The molecule has 5 heteroatoms. The van der Waals surface area contributed by atoms with Crippen molar-refractivity contribution in [3.63, 3.8) is 0 Å². The molecule has 0 heterocycles. The molecule has 0 amide bonds. The van der Waals surface area contributed by atoms with Crippen LogP contribution in [0, 0.1) is 0 Å². The van der Waals surface area contributed by atoms with Crippen LogP contribution in [0.1, 0.15) is 66.7 Å². The summed E-state index contributed by atoms with van der Waals surface area (Å²) in [4.78, 5) is 0. The van der Waals surface area contributed by atoms with Crippen molar-refractivity contribution in [1.29, 1.82) is 0 Å². The molecule has 0 aromatic heterocycles. The van der Waals surface area contributed by atoms with Gasteiger partial charge in [0.1, 0.15) is 6.29 Å². The van der Waals surface area contributed by atoms with E-state index in [1.807, 2.05) is 20.8 Å². The van der Waals surface area contributed by atoms with Crippen LogP contribution in [0.5, 0.6) is 0 Å². The zero-order valence-electron chi connectivity index (χ0n) is 14.1. The lowest BCUT2D eigenvalue weighted by molar-refractivity contribution is -0.109. The molecule has 0 bridgehead atoms. The summed E-state index contributed by atoms with van der Waals surface area (Å²) in [7, 11) is -2.57. The average Bonchev–Trinajstić information content (AvgIpc) is 2.42. The summed E-state index contributed by atoms with van der Waals surface area (Å²) < 4.78 is 23.6. The molecule has 0 spiro atoms. The lowest BCUT2D eigenvalue weighted by atomic mass is 10.3. The molecule has 0 aromatic rings. The van der Waals surface area contributed by atoms with Crippen LogP contribution >= 0.6 is 0 Å². The van der Waals surface area contributed by atoms with Crippen LogP contribution in [0.3, 0.4) is 0 Å². The SMILES string of the molecule is CCCCCOC(C)O[Si](CCCC)(OCC)OCC. The van der Waals surface area contributed by atoms with Gasteiger partial charge in [0.15, 0.2) is 0 Å². The molecule has 0 aliphatic rings. The van der Waals surface area contributed by atoms with Gasteiger partial charge in [0.2, 0.25) is 0 Å². The summed E-state index contributed by atoms with van der Waals surface area (Å²) in [6.45, 7) is 12.3. The molecule has 1 unspecified atom stereocenters. The van der Waals surface area contributed by atoms with E-state index in [2.05, 4.69) is 13.8 Å². The van der Waals surface area contributed by atoms with Crippen LogP contribution in [-0.4, -0.2) is 34.9 Å². The Bertz CT molecular complexity index is 208. The van der Waals surface area contributed by atoms with Gasteiger partial charge >= 0.3 is 8.80 Å². The van der Waals surface area contributed by atoms with E-state index in [4.69, 9.17) is 18.0 Å². The molecule has 1 atom stereocenters. The van der Waals surface area contributed by atoms with E-state index in [1.165, 1.54) is 12.8 Å². The molecule has 0 N–H and O–H groups in total. The molecule has 0 radical (unpaired) electrons. The highest BCUT2D eigenvalue weighted by atomic mass is 28.4. The van der Waals surface area contributed by atoms with Crippen molar-refractivity contribution in [1.82, 2.24) is 0 Å². The van der Waals surface area contributed by atoms with Gasteiger partial charge in [-0.3, -0.25) is 0 Å². The van der Waals surface area contributed by atoms with Gasteiger partial charge in [-0.25, -0.2) is 0 Å². The number of hydrogen-bond donors (Lipinski definition) is 0. The van der Waals surface area contributed by atoms with E-state index < -0.39 is 8.80 Å². The second kappa shape index (κ2) is 12.8. The predicted octanol–water partition coefficient (Wildman–Crippen LogP) is 4.37. The first kappa shape index (κ1) is 20.1. The molecule has 0 aliphatic carbocycles. The normalized spacial score (nSPS) is 13.7. The monoisotopic (exact) mass is 306 g/mol. The van der Waals surface area contributed by atoms with E-state index in [1.54, 1.807) is 0 Å². The summed E-state index contributed by atoms with van der Waals surface area (Å²) in [5.41, 5.74) is 0. The van der Waals surface area contributed by atoms with Crippen molar-refractivity contribution in [3.05, 3.63) is 0 Å². The third-order valence-corrected chi connectivity index (χ3v) is 6.12. The maximum absolute atomic E-state index is 6.07. The van der Waals surface area contributed by atoms with Gasteiger partial charge in [-0.15, -0.1) is 0 Å². The lowest BCUT2D eigenvalue weighted by Crippen LogP contribution is -2.48.